The highest BCUT2D eigenvalue weighted by atomic mass is 32.2. The van der Waals surface area contributed by atoms with Gasteiger partial charge in [0.1, 0.15) is 6.54 Å². The Morgan fingerprint density at radius 2 is 1.89 bits per heavy atom. The van der Waals surface area contributed by atoms with Gasteiger partial charge >= 0.3 is 5.97 Å². The Morgan fingerprint density at radius 1 is 1.26 bits per heavy atom. The van der Waals surface area contributed by atoms with E-state index in [-0.39, 0.29) is 16.4 Å². The first-order valence-corrected chi connectivity index (χ1v) is 11.5. The van der Waals surface area contributed by atoms with Crippen LogP contribution in [0.25, 0.3) is 0 Å². The fourth-order valence-electron chi connectivity index (χ4n) is 2.53. The zero-order chi connectivity index (χ0) is 20.2. The molecule has 1 aliphatic rings. The van der Waals surface area contributed by atoms with Crippen molar-refractivity contribution in [3.05, 3.63) is 29.8 Å². The number of hydrogen-bond donors (Lipinski definition) is 1. The zero-order valence-electron chi connectivity index (χ0n) is 15.0. The summed E-state index contributed by atoms with van der Waals surface area (Å²) >= 11 is 0. The quantitative estimate of drug-likeness (QED) is 0.589. The normalized spacial score (nSPS) is 18.8. The second-order valence-corrected chi connectivity index (χ2v) is 10.4. The molecule has 1 amide bonds. The second kappa shape index (κ2) is 8.36. The number of hydrogen-bond acceptors (Lipinski definition) is 7. The Labute approximate surface area is 158 Å². The number of benzene rings is 1. The molecule has 1 N–H and O–H groups in total. The van der Waals surface area contributed by atoms with E-state index >= 15 is 0 Å². The number of nitrogens with one attached hydrogen (secondary N) is 1. The summed E-state index contributed by atoms with van der Waals surface area (Å²) in [5.74, 6) is -1.55. The maximum Gasteiger partial charge on any atom is 0.321 e. The van der Waals surface area contributed by atoms with Crippen molar-refractivity contribution in [2.24, 2.45) is 0 Å². The summed E-state index contributed by atoms with van der Waals surface area (Å²) in [6.45, 7) is 0.610. The number of rotatable bonds is 7. The molecule has 2 rings (SSSR count). The lowest BCUT2D eigenvalue weighted by Gasteiger charge is -2.23. The average Bonchev–Trinajstić information content (AvgIpc) is 2.97. The van der Waals surface area contributed by atoms with Gasteiger partial charge in [0.25, 0.3) is 5.91 Å². The smallest absolute Gasteiger partial charge is 0.321 e. The molecule has 1 aliphatic heterocycles. The Morgan fingerprint density at radius 3 is 2.44 bits per heavy atom. The van der Waals surface area contributed by atoms with Crippen molar-refractivity contribution >= 4 is 31.7 Å². The Balaban J connectivity index is 1.80. The number of carbonyl (C=O) groups is 2. The highest BCUT2D eigenvalue weighted by Gasteiger charge is 2.32. The lowest BCUT2D eigenvalue weighted by molar-refractivity contribution is -0.151. The molecule has 0 saturated carbocycles. The van der Waals surface area contributed by atoms with Crippen LogP contribution in [0.15, 0.2) is 29.2 Å². The first-order valence-electron chi connectivity index (χ1n) is 8.18. The number of ether oxygens (including phenoxy) is 1. The third-order valence-electron chi connectivity index (χ3n) is 4.24. The monoisotopic (exact) mass is 418 g/mol. The van der Waals surface area contributed by atoms with E-state index in [2.05, 4.69) is 4.72 Å². The van der Waals surface area contributed by atoms with Crippen LogP contribution in [0, 0.1) is 6.92 Å². The summed E-state index contributed by atoms with van der Waals surface area (Å²) in [4.78, 5) is 25.0. The molecular formula is C16H22N2O7S2. The summed E-state index contributed by atoms with van der Waals surface area (Å²) in [6.07, 6.45) is 0.342. The van der Waals surface area contributed by atoms with Crippen LogP contribution in [-0.4, -0.2) is 71.4 Å². The topological polar surface area (TPSA) is 127 Å². The number of carbonyl (C=O) groups excluding carboxylic acids is 2. The molecule has 1 aromatic rings. The summed E-state index contributed by atoms with van der Waals surface area (Å²) in [6, 6.07) is 5.64. The van der Waals surface area contributed by atoms with E-state index in [4.69, 9.17) is 4.74 Å². The van der Waals surface area contributed by atoms with Gasteiger partial charge in [-0.05, 0) is 25.5 Å². The fourth-order valence-corrected chi connectivity index (χ4v) is 5.28. The van der Waals surface area contributed by atoms with Gasteiger partial charge in [-0.25, -0.2) is 16.8 Å². The summed E-state index contributed by atoms with van der Waals surface area (Å²) in [5, 5.41) is 0. The third kappa shape index (κ3) is 6.01. The molecule has 0 unspecified atom stereocenters. The van der Waals surface area contributed by atoms with E-state index in [9.17, 15) is 26.4 Å². The third-order valence-corrected chi connectivity index (χ3v) is 7.41. The van der Waals surface area contributed by atoms with Gasteiger partial charge in [-0.15, -0.1) is 0 Å². The van der Waals surface area contributed by atoms with Crippen LogP contribution >= 0.6 is 0 Å². The van der Waals surface area contributed by atoms with Gasteiger partial charge in [-0.3, -0.25) is 9.59 Å². The Bertz CT molecular complexity index is 909. The van der Waals surface area contributed by atoms with Crippen molar-refractivity contribution in [2.75, 3.05) is 31.7 Å². The average molecular weight is 418 g/mol. The van der Waals surface area contributed by atoms with Crippen molar-refractivity contribution in [1.82, 2.24) is 9.62 Å². The van der Waals surface area contributed by atoms with E-state index in [0.29, 0.717) is 6.42 Å². The standard InChI is InChI=1S/C16H22N2O7S2/c1-12-3-5-14(6-4-12)27(23,24)17-9-16(20)25-10-15(19)18(2)13-7-8-26(21,22)11-13/h3-6,13,17H,7-11H2,1-2H3/t13-/m1/s1. The number of aryl methyl sites for hydroxylation is 1. The number of amides is 1. The van der Waals surface area contributed by atoms with Crippen LogP contribution in [0.4, 0.5) is 0 Å². The van der Waals surface area contributed by atoms with Crippen molar-refractivity contribution in [3.8, 4) is 0 Å². The fraction of sp³-hybridized carbons (Fsp3) is 0.500. The summed E-state index contributed by atoms with van der Waals surface area (Å²) in [5.41, 5.74) is 0.894. The minimum absolute atomic E-state index is 0.0131. The van der Waals surface area contributed by atoms with E-state index in [1.165, 1.54) is 24.1 Å². The Hall–Kier alpha value is -1.98. The van der Waals surface area contributed by atoms with Gasteiger partial charge < -0.3 is 9.64 Å². The van der Waals surface area contributed by atoms with E-state index in [1.54, 1.807) is 12.1 Å². The maximum absolute atomic E-state index is 12.1. The van der Waals surface area contributed by atoms with Gasteiger partial charge in [-0.1, -0.05) is 17.7 Å². The molecule has 0 spiro atoms. The van der Waals surface area contributed by atoms with Gasteiger partial charge in [0.05, 0.1) is 16.4 Å². The van der Waals surface area contributed by atoms with Gasteiger partial charge in [-0.2, -0.15) is 4.72 Å². The molecule has 0 aromatic heterocycles. The van der Waals surface area contributed by atoms with E-state index in [1.807, 2.05) is 6.92 Å². The zero-order valence-corrected chi connectivity index (χ0v) is 16.7. The number of sulfone groups is 1. The minimum atomic E-state index is -3.87. The summed E-state index contributed by atoms with van der Waals surface area (Å²) < 4.78 is 54.0. The Kier molecular flexibility index (Phi) is 6.60. The minimum Gasteiger partial charge on any atom is -0.455 e. The van der Waals surface area contributed by atoms with Crippen LogP contribution in [0.3, 0.4) is 0 Å². The molecule has 9 nitrogen and oxygen atoms in total. The predicted molar refractivity (Wildman–Crippen MR) is 97.2 cm³/mol. The van der Waals surface area contributed by atoms with E-state index in [0.717, 1.165) is 5.56 Å². The number of nitrogens with zero attached hydrogens (tertiary/aromatic N) is 1. The largest absolute Gasteiger partial charge is 0.455 e. The molecule has 1 fully saturated rings. The lowest BCUT2D eigenvalue weighted by Crippen LogP contribution is -2.41. The van der Waals surface area contributed by atoms with Crippen LogP contribution < -0.4 is 4.72 Å². The molecular weight excluding hydrogens is 396 g/mol. The van der Waals surface area contributed by atoms with Crippen molar-refractivity contribution in [1.29, 1.82) is 0 Å². The van der Waals surface area contributed by atoms with Gasteiger partial charge in [0.2, 0.25) is 10.0 Å². The van der Waals surface area contributed by atoms with Gasteiger partial charge in [0, 0.05) is 13.1 Å². The van der Waals surface area contributed by atoms with Crippen LogP contribution in [-0.2, 0) is 34.2 Å². The molecule has 0 aliphatic carbocycles. The molecule has 11 heteroatoms. The second-order valence-electron chi connectivity index (χ2n) is 6.36. The van der Waals surface area contributed by atoms with Crippen LogP contribution in [0.1, 0.15) is 12.0 Å². The SMILES string of the molecule is Cc1ccc(S(=O)(=O)NCC(=O)OCC(=O)N(C)[C@@H]2CCS(=O)(=O)C2)cc1. The lowest BCUT2D eigenvalue weighted by atomic mass is 10.2. The van der Waals surface area contributed by atoms with Crippen LogP contribution in [0.5, 0.6) is 0 Å². The number of likely N-dealkylation sites (N-methyl/N-ethyl adjacent to an activating group) is 1. The summed E-state index contributed by atoms with van der Waals surface area (Å²) in [7, 11) is -5.56. The molecule has 1 atom stereocenters. The number of esters is 1. The maximum atomic E-state index is 12.1. The highest BCUT2D eigenvalue weighted by molar-refractivity contribution is 7.91. The van der Waals surface area contributed by atoms with Crippen molar-refractivity contribution in [2.45, 2.75) is 24.3 Å². The predicted octanol–water partition coefficient (Wildman–Crippen LogP) is -0.538. The molecule has 27 heavy (non-hydrogen) atoms. The molecule has 0 bridgehead atoms. The molecule has 1 saturated heterocycles. The first-order chi connectivity index (χ1) is 12.5. The molecule has 150 valence electrons. The highest BCUT2D eigenvalue weighted by Crippen LogP contribution is 2.16. The van der Waals surface area contributed by atoms with Crippen molar-refractivity contribution < 1.29 is 31.2 Å². The molecule has 0 radical (unpaired) electrons. The van der Waals surface area contributed by atoms with E-state index < -0.39 is 50.9 Å². The first kappa shape index (κ1) is 21.3. The number of sulfonamides is 1. The van der Waals surface area contributed by atoms with Gasteiger partial charge in [0.15, 0.2) is 16.4 Å². The van der Waals surface area contributed by atoms with Crippen LogP contribution in [0.2, 0.25) is 0 Å². The molecule has 1 aromatic carbocycles. The van der Waals surface area contributed by atoms with Crippen molar-refractivity contribution in [3.63, 3.8) is 0 Å². The molecule has 1 heterocycles.